The van der Waals surface area contributed by atoms with Gasteiger partial charge in [-0.2, -0.15) is 0 Å². The number of aryl methyl sites for hydroxylation is 1. The van der Waals surface area contributed by atoms with Crippen LogP contribution in [0.5, 0.6) is 0 Å². The van der Waals surface area contributed by atoms with E-state index < -0.39 is 11.9 Å². The third-order valence-corrected chi connectivity index (χ3v) is 3.98. The van der Waals surface area contributed by atoms with Crippen LogP contribution in [0.4, 0.5) is 0 Å². The fraction of sp³-hybridized carbons (Fsp3) is 0.600. The number of nitrogens with zero attached hydrogens (tertiary/aromatic N) is 3. The third kappa shape index (κ3) is 4.00. The molecule has 0 unspecified atom stereocenters. The van der Waals surface area contributed by atoms with Gasteiger partial charge in [0.05, 0.1) is 11.6 Å². The van der Waals surface area contributed by atoms with Crippen LogP contribution in [0.2, 0.25) is 0 Å². The van der Waals surface area contributed by atoms with E-state index in [4.69, 9.17) is 0 Å². The standard InChI is InChI=1S/C15H21N3O3/c1-2-3-11-9-18(10-13(11)15(20)21)14(19)5-4-12-8-16-6-7-17-12/h6-8,11,13H,2-5,9-10H2,1H3,(H,20,21)/t11-,13-/m1/s1. The first-order valence-electron chi connectivity index (χ1n) is 7.37. The first-order chi connectivity index (χ1) is 10.1. The maximum atomic E-state index is 12.2. The van der Waals surface area contributed by atoms with Crippen LogP contribution in [0, 0.1) is 11.8 Å². The van der Waals surface area contributed by atoms with Gasteiger partial charge in [0.1, 0.15) is 0 Å². The van der Waals surface area contributed by atoms with Gasteiger partial charge in [-0.1, -0.05) is 13.3 Å². The lowest BCUT2D eigenvalue weighted by Crippen LogP contribution is -2.30. The van der Waals surface area contributed by atoms with E-state index in [2.05, 4.69) is 9.97 Å². The van der Waals surface area contributed by atoms with Crippen LogP contribution in [-0.4, -0.2) is 44.9 Å². The molecule has 2 atom stereocenters. The van der Waals surface area contributed by atoms with Gasteiger partial charge in [0.2, 0.25) is 5.91 Å². The van der Waals surface area contributed by atoms with E-state index in [1.807, 2.05) is 6.92 Å². The lowest BCUT2D eigenvalue weighted by molar-refractivity contribution is -0.142. The normalized spacial score (nSPS) is 21.5. The van der Waals surface area contributed by atoms with E-state index in [1.165, 1.54) is 0 Å². The fourth-order valence-corrected chi connectivity index (χ4v) is 2.87. The van der Waals surface area contributed by atoms with Crippen LogP contribution in [0.25, 0.3) is 0 Å². The van der Waals surface area contributed by atoms with Crippen LogP contribution >= 0.6 is 0 Å². The molecule has 2 rings (SSSR count). The van der Waals surface area contributed by atoms with Crippen molar-refractivity contribution in [3.63, 3.8) is 0 Å². The minimum atomic E-state index is -0.794. The molecule has 0 radical (unpaired) electrons. The summed E-state index contributed by atoms with van der Waals surface area (Å²) in [4.78, 5) is 33.3. The summed E-state index contributed by atoms with van der Waals surface area (Å²) in [6, 6.07) is 0. The molecule has 0 aliphatic carbocycles. The van der Waals surface area contributed by atoms with Crippen molar-refractivity contribution < 1.29 is 14.7 Å². The molecule has 0 saturated carbocycles. The number of amides is 1. The molecular weight excluding hydrogens is 270 g/mol. The Morgan fingerprint density at radius 1 is 1.38 bits per heavy atom. The van der Waals surface area contributed by atoms with E-state index in [1.54, 1.807) is 23.5 Å². The zero-order valence-electron chi connectivity index (χ0n) is 12.2. The Hall–Kier alpha value is -1.98. The summed E-state index contributed by atoms with van der Waals surface area (Å²) in [5, 5.41) is 9.26. The summed E-state index contributed by atoms with van der Waals surface area (Å²) in [6.07, 6.45) is 7.54. The van der Waals surface area contributed by atoms with Gasteiger partial charge in [0, 0.05) is 38.1 Å². The van der Waals surface area contributed by atoms with Gasteiger partial charge in [0.25, 0.3) is 0 Å². The van der Waals surface area contributed by atoms with Crippen LogP contribution in [0.15, 0.2) is 18.6 Å². The van der Waals surface area contributed by atoms with Crippen LogP contribution < -0.4 is 0 Å². The zero-order chi connectivity index (χ0) is 15.2. The van der Waals surface area contributed by atoms with Gasteiger partial charge in [-0.3, -0.25) is 19.6 Å². The lowest BCUT2D eigenvalue weighted by Gasteiger charge is -2.16. The molecule has 0 aromatic carbocycles. The van der Waals surface area contributed by atoms with Gasteiger partial charge >= 0.3 is 5.97 Å². The highest BCUT2D eigenvalue weighted by Crippen LogP contribution is 2.28. The molecule has 6 heteroatoms. The molecule has 1 amide bonds. The van der Waals surface area contributed by atoms with Crippen LogP contribution in [0.3, 0.4) is 0 Å². The second-order valence-corrected chi connectivity index (χ2v) is 5.49. The molecule has 114 valence electrons. The summed E-state index contributed by atoms with van der Waals surface area (Å²) >= 11 is 0. The molecule has 1 N–H and O–H groups in total. The predicted octanol–water partition coefficient (Wildman–Crippen LogP) is 1.37. The van der Waals surface area contributed by atoms with Gasteiger partial charge in [0.15, 0.2) is 0 Å². The molecule has 2 heterocycles. The van der Waals surface area contributed by atoms with E-state index in [-0.39, 0.29) is 11.8 Å². The molecule has 0 bridgehead atoms. The van der Waals surface area contributed by atoms with Crippen molar-refractivity contribution in [1.29, 1.82) is 0 Å². The number of carboxylic acid groups (broad SMARTS) is 1. The Balaban J connectivity index is 1.89. The Bertz CT molecular complexity index is 492. The van der Waals surface area contributed by atoms with Crippen molar-refractivity contribution in [2.45, 2.75) is 32.6 Å². The second kappa shape index (κ2) is 7.15. The number of carboxylic acids is 1. The number of hydrogen-bond acceptors (Lipinski definition) is 4. The monoisotopic (exact) mass is 291 g/mol. The van der Waals surface area contributed by atoms with E-state index in [0.717, 1.165) is 18.5 Å². The topological polar surface area (TPSA) is 83.4 Å². The first-order valence-corrected chi connectivity index (χ1v) is 7.37. The molecule has 1 aliphatic rings. The number of carbonyl (C=O) groups is 2. The number of aromatic nitrogens is 2. The lowest BCUT2D eigenvalue weighted by atomic mass is 9.92. The number of hydrogen-bond donors (Lipinski definition) is 1. The van der Waals surface area contributed by atoms with E-state index >= 15 is 0 Å². The molecule has 0 spiro atoms. The number of aliphatic carboxylic acids is 1. The largest absolute Gasteiger partial charge is 0.481 e. The Labute approximate surface area is 124 Å². The molecule has 6 nitrogen and oxygen atoms in total. The summed E-state index contributed by atoms with van der Waals surface area (Å²) < 4.78 is 0. The molecule has 21 heavy (non-hydrogen) atoms. The maximum Gasteiger partial charge on any atom is 0.308 e. The predicted molar refractivity (Wildman–Crippen MR) is 76.5 cm³/mol. The van der Waals surface area contributed by atoms with Gasteiger partial charge < -0.3 is 10.0 Å². The van der Waals surface area contributed by atoms with E-state index in [0.29, 0.717) is 25.9 Å². The summed E-state index contributed by atoms with van der Waals surface area (Å²) in [5.41, 5.74) is 0.782. The molecule has 1 aliphatic heterocycles. The molecule has 1 aromatic rings. The third-order valence-electron chi connectivity index (χ3n) is 3.98. The Kier molecular flexibility index (Phi) is 5.25. The van der Waals surface area contributed by atoms with Crippen LogP contribution in [-0.2, 0) is 16.0 Å². The van der Waals surface area contributed by atoms with Gasteiger partial charge in [-0.05, 0) is 18.8 Å². The second-order valence-electron chi connectivity index (χ2n) is 5.49. The minimum absolute atomic E-state index is 0.00510. The highest BCUT2D eigenvalue weighted by Gasteiger charge is 2.38. The fourth-order valence-electron chi connectivity index (χ4n) is 2.87. The highest BCUT2D eigenvalue weighted by atomic mass is 16.4. The Morgan fingerprint density at radius 2 is 2.19 bits per heavy atom. The van der Waals surface area contributed by atoms with Crippen molar-refractivity contribution in [2.24, 2.45) is 11.8 Å². The van der Waals surface area contributed by atoms with Crippen LogP contribution in [0.1, 0.15) is 31.9 Å². The number of rotatable bonds is 6. The number of likely N-dealkylation sites (tertiary alicyclic amines) is 1. The molecule has 1 aromatic heterocycles. The van der Waals surface area contributed by atoms with E-state index in [9.17, 15) is 14.7 Å². The first kappa shape index (κ1) is 15.4. The average molecular weight is 291 g/mol. The van der Waals surface area contributed by atoms with Crippen molar-refractivity contribution in [2.75, 3.05) is 13.1 Å². The summed E-state index contributed by atoms with van der Waals surface area (Å²) in [5.74, 6) is -1.14. The highest BCUT2D eigenvalue weighted by molar-refractivity contribution is 5.79. The molecule has 1 fully saturated rings. The van der Waals surface area contributed by atoms with Crippen molar-refractivity contribution in [3.8, 4) is 0 Å². The molecule has 1 saturated heterocycles. The Morgan fingerprint density at radius 3 is 2.81 bits per heavy atom. The van der Waals surface area contributed by atoms with Crippen molar-refractivity contribution in [1.82, 2.24) is 14.9 Å². The average Bonchev–Trinajstić information content (AvgIpc) is 2.90. The van der Waals surface area contributed by atoms with Crippen molar-refractivity contribution >= 4 is 11.9 Å². The van der Waals surface area contributed by atoms with Gasteiger partial charge in [-0.15, -0.1) is 0 Å². The maximum absolute atomic E-state index is 12.2. The summed E-state index contributed by atoms with van der Waals surface area (Å²) in [6.45, 7) is 2.93. The quantitative estimate of drug-likeness (QED) is 0.855. The van der Waals surface area contributed by atoms with Gasteiger partial charge in [-0.25, -0.2) is 0 Å². The molecular formula is C15H21N3O3. The minimum Gasteiger partial charge on any atom is -0.481 e. The SMILES string of the molecule is CCC[C@@H]1CN(C(=O)CCc2cnccn2)C[C@H]1C(=O)O. The summed E-state index contributed by atoms with van der Waals surface area (Å²) in [7, 11) is 0. The van der Waals surface area contributed by atoms with Crippen molar-refractivity contribution in [3.05, 3.63) is 24.3 Å². The number of carbonyl (C=O) groups excluding carboxylic acids is 1. The smallest absolute Gasteiger partial charge is 0.308 e. The zero-order valence-corrected chi connectivity index (χ0v) is 12.2.